The number of nitrogens with zero attached hydrogens (tertiary/aromatic N) is 1. The molecule has 2 rings (SSSR count). The number of carbonyl (C=O) groups excluding carboxylic acids is 1. The summed E-state index contributed by atoms with van der Waals surface area (Å²) in [6.07, 6.45) is 0. The van der Waals surface area contributed by atoms with Crippen molar-refractivity contribution in [3.63, 3.8) is 0 Å². The van der Waals surface area contributed by atoms with Gasteiger partial charge < -0.3 is 10.6 Å². The third kappa shape index (κ3) is 3.54. The number of rotatable bonds is 3. The molecule has 1 aliphatic heterocycles. The van der Waals surface area contributed by atoms with Gasteiger partial charge in [0.1, 0.15) is 0 Å². The van der Waals surface area contributed by atoms with E-state index in [1.54, 1.807) is 18.2 Å². The molecule has 18 heavy (non-hydrogen) atoms. The van der Waals surface area contributed by atoms with E-state index in [-0.39, 0.29) is 11.7 Å². The average molecular weight is 304 g/mol. The van der Waals surface area contributed by atoms with Gasteiger partial charge in [-0.25, -0.2) is 0 Å². The van der Waals surface area contributed by atoms with Gasteiger partial charge in [-0.05, 0) is 12.1 Å². The number of carbonyl (C=O) groups is 1. The predicted octanol–water partition coefficient (Wildman–Crippen LogP) is 2.62. The fourth-order valence-corrected chi connectivity index (χ4v) is 2.62. The van der Waals surface area contributed by atoms with Crippen LogP contribution in [0.25, 0.3) is 0 Å². The van der Waals surface area contributed by atoms with Gasteiger partial charge in [-0.3, -0.25) is 9.79 Å². The van der Waals surface area contributed by atoms with Gasteiger partial charge in [0.25, 0.3) is 0 Å². The van der Waals surface area contributed by atoms with E-state index in [0.29, 0.717) is 15.7 Å². The number of benzene rings is 1. The minimum absolute atomic E-state index is 0.161. The summed E-state index contributed by atoms with van der Waals surface area (Å²) in [6, 6.07) is 5.09. The molecule has 1 aromatic rings. The minimum atomic E-state index is -0.161. The number of amidine groups is 1. The van der Waals surface area contributed by atoms with E-state index in [2.05, 4.69) is 15.6 Å². The highest BCUT2D eigenvalue weighted by molar-refractivity contribution is 8.14. The second-order valence-electron chi connectivity index (χ2n) is 3.55. The van der Waals surface area contributed by atoms with Crippen LogP contribution in [0.4, 0.5) is 5.69 Å². The molecule has 0 saturated carbocycles. The summed E-state index contributed by atoms with van der Waals surface area (Å²) < 4.78 is 0. The normalized spacial score (nSPS) is 14.0. The van der Waals surface area contributed by atoms with Gasteiger partial charge in [0.15, 0.2) is 5.17 Å². The maximum Gasteiger partial charge on any atom is 0.234 e. The zero-order chi connectivity index (χ0) is 13.0. The van der Waals surface area contributed by atoms with Gasteiger partial charge >= 0.3 is 0 Å². The lowest BCUT2D eigenvalue weighted by Gasteiger charge is -2.08. The summed E-state index contributed by atoms with van der Waals surface area (Å²) in [5.74, 6) is 0.110. The number of halogens is 2. The van der Waals surface area contributed by atoms with E-state index in [0.717, 1.165) is 18.3 Å². The van der Waals surface area contributed by atoms with Gasteiger partial charge in [-0.15, -0.1) is 0 Å². The smallest absolute Gasteiger partial charge is 0.234 e. The first kappa shape index (κ1) is 13.5. The third-order valence-corrected chi connectivity index (χ3v) is 3.79. The van der Waals surface area contributed by atoms with E-state index in [4.69, 9.17) is 23.2 Å². The topological polar surface area (TPSA) is 53.5 Å². The molecule has 4 nitrogen and oxygen atoms in total. The van der Waals surface area contributed by atoms with Crippen LogP contribution in [0, 0.1) is 0 Å². The Morgan fingerprint density at radius 1 is 1.44 bits per heavy atom. The number of hydrogen-bond donors (Lipinski definition) is 2. The number of para-hydroxylation sites is 1. The van der Waals surface area contributed by atoms with Gasteiger partial charge in [-0.1, -0.05) is 41.0 Å². The van der Waals surface area contributed by atoms with E-state index in [1.807, 2.05) is 0 Å². The number of anilines is 1. The molecule has 0 fully saturated rings. The van der Waals surface area contributed by atoms with Crippen LogP contribution >= 0.6 is 35.0 Å². The number of nitrogens with one attached hydrogen (secondary N) is 2. The number of aliphatic imine (C=N–C) groups is 1. The Hall–Kier alpha value is -0.910. The highest BCUT2D eigenvalue weighted by atomic mass is 35.5. The summed E-state index contributed by atoms with van der Waals surface area (Å²) in [5.41, 5.74) is 0.452. The molecule has 0 unspecified atom stereocenters. The Labute approximate surface area is 119 Å². The molecule has 0 aromatic heterocycles. The summed E-state index contributed by atoms with van der Waals surface area (Å²) in [6.45, 7) is 1.60. The fraction of sp³-hybridized carbons (Fsp3) is 0.273. The largest absolute Gasteiger partial charge is 0.363 e. The van der Waals surface area contributed by atoms with Crippen molar-refractivity contribution in [3.8, 4) is 0 Å². The summed E-state index contributed by atoms with van der Waals surface area (Å²) in [7, 11) is 0. The number of amides is 1. The zero-order valence-corrected chi connectivity index (χ0v) is 11.7. The Kier molecular flexibility index (Phi) is 4.74. The Balaban J connectivity index is 1.90. The van der Waals surface area contributed by atoms with Gasteiger partial charge in [0.05, 0.1) is 28.0 Å². The highest BCUT2D eigenvalue weighted by Crippen LogP contribution is 2.29. The molecule has 1 heterocycles. The minimum Gasteiger partial charge on any atom is -0.363 e. The molecule has 0 spiro atoms. The number of hydrogen-bond acceptors (Lipinski definition) is 4. The summed E-state index contributed by atoms with van der Waals surface area (Å²) in [4.78, 5) is 15.9. The molecular weight excluding hydrogens is 293 g/mol. The quantitative estimate of drug-likeness (QED) is 0.902. The predicted molar refractivity (Wildman–Crippen MR) is 77.9 cm³/mol. The fourth-order valence-electron chi connectivity index (χ4n) is 1.40. The molecule has 7 heteroatoms. The van der Waals surface area contributed by atoms with Crippen molar-refractivity contribution in [1.82, 2.24) is 5.32 Å². The maximum absolute atomic E-state index is 11.7. The Bertz CT molecular complexity index is 473. The molecule has 0 saturated heterocycles. The van der Waals surface area contributed by atoms with Crippen molar-refractivity contribution in [1.29, 1.82) is 0 Å². The van der Waals surface area contributed by atoms with Crippen LogP contribution in [0.2, 0.25) is 10.0 Å². The van der Waals surface area contributed by atoms with E-state index in [9.17, 15) is 4.79 Å². The lowest BCUT2D eigenvalue weighted by Crippen LogP contribution is -2.20. The third-order valence-electron chi connectivity index (χ3n) is 2.21. The van der Waals surface area contributed by atoms with Crippen molar-refractivity contribution >= 4 is 51.7 Å². The SMILES string of the molecule is O=C(CSC1=NCCN1)Nc1c(Cl)cccc1Cl. The van der Waals surface area contributed by atoms with Crippen LogP contribution in [0.5, 0.6) is 0 Å². The molecule has 1 amide bonds. The first-order valence-corrected chi connectivity index (χ1v) is 7.06. The van der Waals surface area contributed by atoms with Crippen LogP contribution in [0.3, 0.4) is 0 Å². The van der Waals surface area contributed by atoms with Gasteiger partial charge in [0, 0.05) is 6.54 Å². The zero-order valence-electron chi connectivity index (χ0n) is 9.37. The molecule has 2 N–H and O–H groups in total. The lowest BCUT2D eigenvalue weighted by atomic mass is 10.3. The molecule has 1 aromatic carbocycles. The van der Waals surface area contributed by atoms with Gasteiger partial charge in [0.2, 0.25) is 5.91 Å². The van der Waals surface area contributed by atoms with Crippen molar-refractivity contribution in [3.05, 3.63) is 28.2 Å². The van der Waals surface area contributed by atoms with Gasteiger partial charge in [-0.2, -0.15) is 0 Å². The van der Waals surface area contributed by atoms with E-state index in [1.165, 1.54) is 11.8 Å². The van der Waals surface area contributed by atoms with E-state index >= 15 is 0 Å². The molecular formula is C11H11Cl2N3OS. The lowest BCUT2D eigenvalue weighted by molar-refractivity contribution is -0.113. The van der Waals surface area contributed by atoms with Crippen molar-refractivity contribution in [2.45, 2.75) is 0 Å². The summed E-state index contributed by atoms with van der Waals surface area (Å²) in [5, 5.41) is 7.43. The van der Waals surface area contributed by atoms with Crippen molar-refractivity contribution < 1.29 is 4.79 Å². The highest BCUT2D eigenvalue weighted by Gasteiger charge is 2.12. The number of thioether (sulfide) groups is 1. The second-order valence-corrected chi connectivity index (χ2v) is 5.33. The monoisotopic (exact) mass is 303 g/mol. The Morgan fingerprint density at radius 2 is 2.17 bits per heavy atom. The molecule has 1 aliphatic rings. The molecule has 0 aliphatic carbocycles. The van der Waals surface area contributed by atoms with Crippen LogP contribution in [-0.2, 0) is 4.79 Å². The molecule has 0 radical (unpaired) electrons. The summed E-state index contributed by atoms with van der Waals surface area (Å²) >= 11 is 13.3. The van der Waals surface area contributed by atoms with Crippen LogP contribution in [0.15, 0.2) is 23.2 Å². The van der Waals surface area contributed by atoms with Crippen LogP contribution < -0.4 is 10.6 Å². The molecule has 0 atom stereocenters. The van der Waals surface area contributed by atoms with Crippen molar-refractivity contribution in [2.24, 2.45) is 4.99 Å². The first-order valence-electron chi connectivity index (χ1n) is 5.32. The van der Waals surface area contributed by atoms with Crippen LogP contribution in [-0.4, -0.2) is 29.9 Å². The van der Waals surface area contributed by atoms with Crippen molar-refractivity contribution in [2.75, 3.05) is 24.2 Å². The van der Waals surface area contributed by atoms with E-state index < -0.39 is 0 Å². The Morgan fingerprint density at radius 3 is 2.78 bits per heavy atom. The van der Waals surface area contributed by atoms with Crippen LogP contribution in [0.1, 0.15) is 0 Å². The second kappa shape index (κ2) is 6.31. The maximum atomic E-state index is 11.7. The first-order chi connectivity index (χ1) is 8.66. The average Bonchev–Trinajstić information content (AvgIpc) is 2.84. The standard InChI is InChI=1S/C11H11Cl2N3OS/c12-7-2-1-3-8(13)10(7)16-9(17)6-18-11-14-4-5-15-11/h1-3H,4-6H2,(H,14,15)(H,16,17). The molecule has 0 bridgehead atoms. The molecule has 96 valence electrons.